The van der Waals surface area contributed by atoms with Gasteiger partial charge in [-0.25, -0.2) is 14.2 Å². The third-order valence-electron chi connectivity index (χ3n) is 2.49. The standard InChI is InChI=1S/C12H14FN3O2/c1-3-18-12(17)11-14-8(2)16(15-11)10-6-4-9(13)5-7-10/h4-7,11,15H,3H2,1-2H3. The van der Waals surface area contributed by atoms with E-state index in [1.165, 1.54) is 12.1 Å². The predicted octanol–water partition coefficient (Wildman–Crippen LogP) is 1.46. The van der Waals surface area contributed by atoms with Gasteiger partial charge in [-0.3, -0.25) is 5.01 Å². The molecule has 0 saturated heterocycles. The number of rotatable bonds is 3. The summed E-state index contributed by atoms with van der Waals surface area (Å²) < 4.78 is 17.7. The molecule has 0 radical (unpaired) electrons. The Morgan fingerprint density at radius 3 is 2.78 bits per heavy atom. The highest BCUT2D eigenvalue weighted by molar-refractivity contribution is 5.99. The van der Waals surface area contributed by atoms with Crippen molar-refractivity contribution < 1.29 is 13.9 Å². The van der Waals surface area contributed by atoms with Crippen LogP contribution in [0.2, 0.25) is 0 Å². The molecule has 1 unspecified atom stereocenters. The van der Waals surface area contributed by atoms with E-state index >= 15 is 0 Å². The molecule has 1 aromatic rings. The van der Waals surface area contributed by atoms with Crippen LogP contribution in [0.1, 0.15) is 13.8 Å². The van der Waals surface area contributed by atoms with E-state index < -0.39 is 12.1 Å². The molecule has 0 aliphatic carbocycles. The second-order valence-corrected chi connectivity index (χ2v) is 3.77. The summed E-state index contributed by atoms with van der Waals surface area (Å²) in [6, 6.07) is 5.91. The van der Waals surface area contributed by atoms with Crippen molar-refractivity contribution in [2.24, 2.45) is 4.99 Å². The summed E-state index contributed by atoms with van der Waals surface area (Å²) >= 11 is 0. The summed E-state index contributed by atoms with van der Waals surface area (Å²) in [4.78, 5) is 15.7. The summed E-state index contributed by atoms with van der Waals surface area (Å²) in [6.07, 6.45) is -0.741. The van der Waals surface area contributed by atoms with Crippen molar-refractivity contribution >= 4 is 17.5 Å². The average Bonchev–Trinajstić information content (AvgIpc) is 2.73. The number of nitrogens with zero attached hydrogens (tertiary/aromatic N) is 2. The Balaban J connectivity index is 2.12. The summed E-state index contributed by atoms with van der Waals surface area (Å²) in [7, 11) is 0. The van der Waals surface area contributed by atoms with Gasteiger partial charge in [-0.15, -0.1) is 0 Å². The van der Waals surface area contributed by atoms with Crippen molar-refractivity contribution in [3.8, 4) is 0 Å². The van der Waals surface area contributed by atoms with Gasteiger partial charge in [-0.05, 0) is 38.1 Å². The number of carbonyl (C=O) groups excluding carboxylic acids is 1. The number of aliphatic imine (C=N–C) groups is 1. The summed E-state index contributed by atoms with van der Waals surface area (Å²) in [5, 5.41) is 1.63. The third kappa shape index (κ3) is 2.48. The Labute approximate surface area is 104 Å². The summed E-state index contributed by atoms with van der Waals surface area (Å²) in [6.45, 7) is 3.80. The van der Waals surface area contributed by atoms with Gasteiger partial charge in [0.1, 0.15) is 11.7 Å². The molecule has 5 nitrogen and oxygen atoms in total. The van der Waals surface area contributed by atoms with Gasteiger partial charge in [-0.2, -0.15) is 5.43 Å². The van der Waals surface area contributed by atoms with E-state index in [4.69, 9.17) is 4.74 Å². The SMILES string of the molecule is CCOC(=O)C1N=C(C)N(c2ccc(F)cc2)N1. The fraction of sp³-hybridized carbons (Fsp3) is 0.333. The minimum atomic E-state index is -0.741. The number of ether oxygens (including phenoxy) is 1. The highest BCUT2D eigenvalue weighted by Crippen LogP contribution is 2.17. The van der Waals surface area contributed by atoms with Crippen LogP contribution in [-0.4, -0.2) is 24.6 Å². The second-order valence-electron chi connectivity index (χ2n) is 3.77. The van der Waals surface area contributed by atoms with Crippen LogP contribution in [0.3, 0.4) is 0 Å². The molecule has 18 heavy (non-hydrogen) atoms. The Kier molecular flexibility index (Phi) is 3.57. The predicted molar refractivity (Wildman–Crippen MR) is 65.5 cm³/mol. The van der Waals surface area contributed by atoms with Gasteiger partial charge in [-0.1, -0.05) is 0 Å². The highest BCUT2D eigenvalue weighted by Gasteiger charge is 2.29. The average molecular weight is 251 g/mol. The number of carbonyl (C=O) groups is 1. The topological polar surface area (TPSA) is 53.9 Å². The molecule has 1 aromatic carbocycles. The van der Waals surface area contributed by atoms with Gasteiger partial charge >= 0.3 is 5.97 Å². The lowest BCUT2D eigenvalue weighted by Crippen LogP contribution is -2.43. The number of hydrazine groups is 1. The van der Waals surface area contributed by atoms with E-state index in [-0.39, 0.29) is 5.82 Å². The van der Waals surface area contributed by atoms with Gasteiger partial charge in [0.05, 0.1) is 12.3 Å². The van der Waals surface area contributed by atoms with E-state index in [0.717, 1.165) is 0 Å². The lowest BCUT2D eigenvalue weighted by atomic mass is 10.3. The zero-order chi connectivity index (χ0) is 13.1. The Morgan fingerprint density at radius 1 is 1.50 bits per heavy atom. The number of hydrogen-bond donors (Lipinski definition) is 1. The maximum absolute atomic E-state index is 12.8. The maximum Gasteiger partial charge on any atom is 0.347 e. The number of anilines is 1. The van der Waals surface area contributed by atoms with Crippen molar-refractivity contribution in [2.45, 2.75) is 20.0 Å². The van der Waals surface area contributed by atoms with Crippen molar-refractivity contribution in [1.29, 1.82) is 0 Å². The molecule has 0 spiro atoms. The molecule has 1 atom stereocenters. The summed E-state index contributed by atoms with van der Waals surface area (Å²) in [5.41, 5.74) is 3.61. The van der Waals surface area contributed by atoms with Crippen LogP contribution in [-0.2, 0) is 9.53 Å². The van der Waals surface area contributed by atoms with Crippen LogP contribution in [0.25, 0.3) is 0 Å². The van der Waals surface area contributed by atoms with Gasteiger partial charge in [0.15, 0.2) is 0 Å². The fourth-order valence-electron chi connectivity index (χ4n) is 1.67. The number of nitrogens with one attached hydrogen (secondary N) is 1. The number of halogens is 1. The molecule has 0 bridgehead atoms. The summed E-state index contributed by atoms with van der Waals surface area (Å²) in [5.74, 6) is -0.115. The smallest absolute Gasteiger partial charge is 0.347 e. The first-order valence-electron chi connectivity index (χ1n) is 5.64. The lowest BCUT2D eigenvalue weighted by molar-refractivity contribution is -0.145. The highest BCUT2D eigenvalue weighted by atomic mass is 19.1. The van der Waals surface area contributed by atoms with E-state index in [2.05, 4.69) is 10.4 Å². The first-order valence-corrected chi connectivity index (χ1v) is 5.64. The molecule has 2 rings (SSSR count). The van der Waals surface area contributed by atoms with Crippen LogP contribution in [0.15, 0.2) is 29.3 Å². The van der Waals surface area contributed by atoms with Crippen molar-refractivity contribution in [3.63, 3.8) is 0 Å². The molecule has 0 saturated carbocycles. The van der Waals surface area contributed by atoms with Crippen molar-refractivity contribution in [3.05, 3.63) is 30.1 Å². The zero-order valence-electron chi connectivity index (χ0n) is 10.2. The van der Waals surface area contributed by atoms with E-state index in [1.54, 1.807) is 31.0 Å². The molecule has 0 aromatic heterocycles. The zero-order valence-corrected chi connectivity index (χ0v) is 10.2. The van der Waals surface area contributed by atoms with Crippen LogP contribution < -0.4 is 10.4 Å². The fourth-order valence-corrected chi connectivity index (χ4v) is 1.67. The molecular weight excluding hydrogens is 237 g/mol. The minimum absolute atomic E-state index is 0.308. The van der Waals surface area contributed by atoms with Gasteiger partial charge in [0, 0.05) is 0 Å². The van der Waals surface area contributed by atoms with E-state index in [1.807, 2.05) is 0 Å². The van der Waals surface area contributed by atoms with Gasteiger partial charge in [0.25, 0.3) is 0 Å². The Morgan fingerprint density at radius 2 is 2.17 bits per heavy atom. The second kappa shape index (κ2) is 5.14. The molecule has 0 amide bonds. The quantitative estimate of drug-likeness (QED) is 0.826. The molecular formula is C12H14FN3O2. The van der Waals surface area contributed by atoms with Crippen molar-refractivity contribution in [2.75, 3.05) is 11.6 Å². The van der Waals surface area contributed by atoms with Crippen molar-refractivity contribution in [1.82, 2.24) is 5.43 Å². The molecule has 1 heterocycles. The minimum Gasteiger partial charge on any atom is -0.463 e. The normalized spacial score (nSPS) is 18.7. The van der Waals surface area contributed by atoms with Crippen LogP contribution in [0.5, 0.6) is 0 Å². The number of benzene rings is 1. The molecule has 1 aliphatic rings. The largest absolute Gasteiger partial charge is 0.463 e. The molecule has 1 aliphatic heterocycles. The Bertz CT molecular complexity index is 473. The van der Waals surface area contributed by atoms with Crippen LogP contribution >= 0.6 is 0 Å². The van der Waals surface area contributed by atoms with Gasteiger partial charge < -0.3 is 4.74 Å². The van der Waals surface area contributed by atoms with E-state index in [0.29, 0.717) is 18.1 Å². The third-order valence-corrected chi connectivity index (χ3v) is 2.49. The number of amidine groups is 1. The number of hydrogen-bond acceptors (Lipinski definition) is 5. The lowest BCUT2D eigenvalue weighted by Gasteiger charge is -2.19. The van der Waals surface area contributed by atoms with Crippen LogP contribution in [0.4, 0.5) is 10.1 Å². The molecule has 0 fully saturated rings. The molecule has 1 N–H and O–H groups in total. The first-order chi connectivity index (χ1) is 8.61. The van der Waals surface area contributed by atoms with Gasteiger partial charge in [0.2, 0.25) is 6.17 Å². The van der Waals surface area contributed by atoms with Crippen LogP contribution in [0, 0.1) is 5.82 Å². The molecule has 6 heteroatoms. The monoisotopic (exact) mass is 251 g/mol. The number of esters is 1. The maximum atomic E-state index is 12.8. The Hall–Kier alpha value is -1.95. The molecule has 96 valence electrons. The van der Waals surface area contributed by atoms with E-state index in [9.17, 15) is 9.18 Å². The first kappa shape index (κ1) is 12.5.